The molecule has 1 aliphatic heterocycles. The molecule has 0 aromatic rings. The Morgan fingerprint density at radius 1 is 1.35 bits per heavy atom. The van der Waals surface area contributed by atoms with E-state index < -0.39 is 5.60 Å². The summed E-state index contributed by atoms with van der Waals surface area (Å²) in [7, 11) is 0. The highest BCUT2D eigenvalue weighted by molar-refractivity contribution is 5.83. The van der Waals surface area contributed by atoms with Crippen LogP contribution in [0.25, 0.3) is 0 Å². The normalized spacial score (nSPS) is 22.3. The van der Waals surface area contributed by atoms with Crippen LogP contribution in [0, 0.1) is 5.41 Å². The standard InChI is InChI=1S/C13H25NO3/c1-12(2,10-7-5-6-8-17-10)9-14-11(15)13(3,4)16/h10,16H,5-9H2,1-4H3,(H,14,15)/t10-/m0/s1. The van der Waals surface area contributed by atoms with Gasteiger partial charge in [0.2, 0.25) is 0 Å². The molecule has 0 radical (unpaired) electrons. The first-order chi connectivity index (χ1) is 7.73. The van der Waals surface area contributed by atoms with Crippen LogP contribution >= 0.6 is 0 Å². The molecule has 0 aromatic carbocycles. The Balaban J connectivity index is 2.46. The molecule has 1 atom stereocenters. The van der Waals surface area contributed by atoms with Crippen molar-refractivity contribution in [2.75, 3.05) is 13.2 Å². The lowest BCUT2D eigenvalue weighted by atomic mass is 9.82. The van der Waals surface area contributed by atoms with Gasteiger partial charge in [-0.3, -0.25) is 4.79 Å². The summed E-state index contributed by atoms with van der Waals surface area (Å²) in [5.41, 5.74) is -1.41. The minimum atomic E-state index is -1.32. The minimum absolute atomic E-state index is 0.0959. The summed E-state index contributed by atoms with van der Waals surface area (Å²) < 4.78 is 5.75. The Kier molecular flexibility index (Phi) is 4.55. The van der Waals surface area contributed by atoms with Crippen LogP contribution in [0.3, 0.4) is 0 Å². The Morgan fingerprint density at radius 2 is 2.00 bits per heavy atom. The Labute approximate surface area is 104 Å². The quantitative estimate of drug-likeness (QED) is 0.786. The second kappa shape index (κ2) is 5.36. The maximum absolute atomic E-state index is 11.6. The molecule has 0 aliphatic carbocycles. The zero-order valence-electron chi connectivity index (χ0n) is 11.4. The SMILES string of the molecule is CC(C)(O)C(=O)NCC(C)(C)[C@@H]1CCCCO1. The highest BCUT2D eigenvalue weighted by atomic mass is 16.5. The van der Waals surface area contributed by atoms with Gasteiger partial charge in [-0.25, -0.2) is 0 Å². The van der Waals surface area contributed by atoms with Gasteiger partial charge in [-0.15, -0.1) is 0 Å². The first-order valence-corrected chi connectivity index (χ1v) is 6.36. The van der Waals surface area contributed by atoms with Crippen LogP contribution in [0.15, 0.2) is 0 Å². The monoisotopic (exact) mass is 243 g/mol. The summed E-state index contributed by atoms with van der Waals surface area (Å²) in [6, 6.07) is 0. The van der Waals surface area contributed by atoms with Gasteiger partial charge in [0.05, 0.1) is 6.10 Å². The molecule has 1 rings (SSSR count). The Hall–Kier alpha value is -0.610. The number of amides is 1. The van der Waals surface area contributed by atoms with Crippen LogP contribution in [0.5, 0.6) is 0 Å². The number of rotatable bonds is 4. The molecular formula is C13H25NO3. The van der Waals surface area contributed by atoms with Crippen LogP contribution in [0.2, 0.25) is 0 Å². The molecule has 0 spiro atoms. The van der Waals surface area contributed by atoms with Gasteiger partial charge >= 0.3 is 0 Å². The topological polar surface area (TPSA) is 58.6 Å². The van der Waals surface area contributed by atoms with Crippen molar-refractivity contribution in [1.29, 1.82) is 0 Å². The smallest absolute Gasteiger partial charge is 0.251 e. The molecule has 4 nitrogen and oxygen atoms in total. The minimum Gasteiger partial charge on any atom is -0.381 e. The highest BCUT2D eigenvalue weighted by Gasteiger charge is 2.33. The highest BCUT2D eigenvalue weighted by Crippen LogP contribution is 2.29. The molecule has 17 heavy (non-hydrogen) atoms. The predicted molar refractivity (Wildman–Crippen MR) is 66.7 cm³/mol. The molecule has 1 aliphatic rings. The van der Waals surface area contributed by atoms with Gasteiger partial charge in [0.25, 0.3) is 5.91 Å². The van der Waals surface area contributed by atoms with E-state index in [1.807, 2.05) is 0 Å². The summed E-state index contributed by atoms with van der Waals surface area (Å²) in [5.74, 6) is -0.332. The molecule has 0 aromatic heterocycles. The van der Waals surface area contributed by atoms with Crippen LogP contribution in [0.1, 0.15) is 47.0 Å². The van der Waals surface area contributed by atoms with E-state index in [0.29, 0.717) is 6.54 Å². The van der Waals surface area contributed by atoms with Gasteiger partial charge in [0.1, 0.15) is 5.60 Å². The Bertz CT molecular complexity index is 262. The zero-order valence-corrected chi connectivity index (χ0v) is 11.4. The predicted octanol–water partition coefficient (Wildman–Crippen LogP) is 1.47. The maximum atomic E-state index is 11.6. The number of nitrogens with one attached hydrogen (secondary N) is 1. The number of ether oxygens (including phenoxy) is 1. The van der Waals surface area contributed by atoms with Crippen LogP contribution in [-0.2, 0) is 9.53 Å². The van der Waals surface area contributed by atoms with Crippen molar-refractivity contribution in [2.24, 2.45) is 5.41 Å². The van der Waals surface area contributed by atoms with E-state index in [-0.39, 0.29) is 17.4 Å². The second-order valence-electron chi connectivity index (χ2n) is 6.09. The summed E-state index contributed by atoms with van der Waals surface area (Å²) in [6.45, 7) is 8.51. The second-order valence-corrected chi connectivity index (χ2v) is 6.09. The number of carbonyl (C=O) groups is 1. The maximum Gasteiger partial charge on any atom is 0.251 e. The molecule has 1 heterocycles. The number of aliphatic hydroxyl groups is 1. The largest absolute Gasteiger partial charge is 0.381 e. The van der Waals surface area contributed by atoms with Crippen molar-refractivity contribution < 1.29 is 14.6 Å². The van der Waals surface area contributed by atoms with Crippen molar-refractivity contribution >= 4 is 5.91 Å². The first-order valence-electron chi connectivity index (χ1n) is 6.36. The lowest BCUT2D eigenvalue weighted by molar-refractivity contribution is -0.137. The van der Waals surface area contributed by atoms with Crippen molar-refractivity contribution in [2.45, 2.75) is 58.7 Å². The fraction of sp³-hybridized carbons (Fsp3) is 0.923. The third-order valence-electron chi connectivity index (χ3n) is 3.31. The van der Waals surface area contributed by atoms with Gasteiger partial charge in [0, 0.05) is 18.6 Å². The van der Waals surface area contributed by atoms with Gasteiger partial charge < -0.3 is 15.2 Å². The van der Waals surface area contributed by atoms with Crippen LogP contribution in [-0.4, -0.2) is 35.9 Å². The third-order valence-corrected chi connectivity index (χ3v) is 3.31. The van der Waals surface area contributed by atoms with Crippen molar-refractivity contribution in [3.8, 4) is 0 Å². The van der Waals surface area contributed by atoms with Gasteiger partial charge in [-0.1, -0.05) is 13.8 Å². The van der Waals surface area contributed by atoms with Crippen molar-refractivity contribution in [3.63, 3.8) is 0 Å². The molecule has 2 N–H and O–H groups in total. The van der Waals surface area contributed by atoms with E-state index in [1.165, 1.54) is 20.3 Å². The van der Waals surface area contributed by atoms with E-state index in [4.69, 9.17) is 4.74 Å². The number of carbonyl (C=O) groups excluding carboxylic acids is 1. The number of hydrogen-bond acceptors (Lipinski definition) is 3. The molecule has 1 fully saturated rings. The van der Waals surface area contributed by atoms with E-state index in [9.17, 15) is 9.90 Å². The lowest BCUT2D eigenvalue weighted by Crippen LogP contribution is -2.49. The molecule has 0 saturated carbocycles. The van der Waals surface area contributed by atoms with E-state index in [1.54, 1.807) is 0 Å². The third kappa shape index (κ3) is 4.28. The first kappa shape index (κ1) is 14.5. The van der Waals surface area contributed by atoms with Gasteiger partial charge in [0.15, 0.2) is 0 Å². The summed E-state index contributed by atoms with van der Waals surface area (Å²) in [5, 5.41) is 12.3. The van der Waals surface area contributed by atoms with E-state index in [0.717, 1.165) is 19.4 Å². The van der Waals surface area contributed by atoms with Gasteiger partial charge in [-0.05, 0) is 33.1 Å². The summed E-state index contributed by atoms with van der Waals surface area (Å²) >= 11 is 0. The fourth-order valence-corrected chi connectivity index (χ4v) is 2.00. The van der Waals surface area contributed by atoms with E-state index in [2.05, 4.69) is 19.2 Å². The van der Waals surface area contributed by atoms with Crippen molar-refractivity contribution in [3.05, 3.63) is 0 Å². The number of hydrogen-bond donors (Lipinski definition) is 2. The van der Waals surface area contributed by atoms with Gasteiger partial charge in [-0.2, -0.15) is 0 Å². The lowest BCUT2D eigenvalue weighted by Gasteiger charge is -2.37. The fourth-order valence-electron chi connectivity index (χ4n) is 2.00. The molecule has 0 unspecified atom stereocenters. The Morgan fingerprint density at radius 3 is 2.47 bits per heavy atom. The molecule has 100 valence electrons. The molecule has 4 heteroatoms. The van der Waals surface area contributed by atoms with Crippen molar-refractivity contribution in [1.82, 2.24) is 5.32 Å². The molecule has 1 saturated heterocycles. The zero-order chi connectivity index (χ0) is 13.1. The van der Waals surface area contributed by atoms with E-state index >= 15 is 0 Å². The molecular weight excluding hydrogens is 218 g/mol. The van der Waals surface area contributed by atoms with Crippen LogP contribution < -0.4 is 5.32 Å². The molecule has 1 amide bonds. The summed E-state index contributed by atoms with van der Waals surface area (Å²) in [6.07, 6.45) is 3.56. The molecule has 0 bridgehead atoms. The average molecular weight is 243 g/mol. The van der Waals surface area contributed by atoms with Crippen LogP contribution in [0.4, 0.5) is 0 Å². The average Bonchev–Trinajstić information content (AvgIpc) is 2.26. The summed E-state index contributed by atoms with van der Waals surface area (Å²) in [4.78, 5) is 11.6.